The Hall–Kier alpha value is -0.900. The van der Waals surface area contributed by atoms with Gasteiger partial charge in [0.25, 0.3) is 5.78 Å². The third-order valence-corrected chi connectivity index (χ3v) is 3.36. The van der Waals surface area contributed by atoms with E-state index in [9.17, 15) is 9.59 Å². The minimum atomic E-state index is -1.32. The number of nitrogens with one attached hydrogen (secondary N) is 1. The van der Waals surface area contributed by atoms with Crippen molar-refractivity contribution in [1.82, 2.24) is 5.32 Å². The molecular weight excluding hydrogens is 218 g/mol. The van der Waals surface area contributed by atoms with Crippen molar-refractivity contribution in [2.75, 3.05) is 0 Å². The number of rotatable bonds is 6. The summed E-state index contributed by atoms with van der Waals surface area (Å²) in [5, 5.41) is 11.9. The smallest absolute Gasteiger partial charge is 0.373 e. The van der Waals surface area contributed by atoms with E-state index in [1.165, 1.54) is 19.3 Å². The van der Waals surface area contributed by atoms with Gasteiger partial charge in [-0.2, -0.15) is 0 Å². The highest BCUT2D eigenvalue weighted by Gasteiger charge is 2.28. The monoisotopic (exact) mass is 241 g/mol. The average molecular weight is 241 g/mol. The van der Waals surface area contributed by atoms with Crippen molar-refractivity contribution >= 4 is 11.8 Å². The summed E-state index contributed by atoms with van der Waals surface area (Å²) in [5.41, 5.74) is 0. The molecule has 1 fully saturated rings. The summed E-state index contributed by atoms with van der Waals surface area (Å²) in [5.74, 6) is -1.51. The highest BCUT2D eigenvalue weighted by molar-refractivity contribution is 6.34. The van der Waals surface area contributed by atoms with Gasteiger partial charge < -0.3 is 10.4 Å². The Morgan fingerprint density at radius 3 is 2.29 bits per heavy atom. The van der Waals surface area contributed by atoms with Gasteiger partial charge in [-0.25, -0.2) is 4.79 Å². The van der Waals surface area contributed by atoms with E-state index in [1.807, 2.05) is 13.8 Å². The van der Waals surface area contributed by atoms with Gasteiger partial charge in [0.05, 0.1) is 6.04 Å². The molecule has 0 aliphatic heterocycles. The standard InChI is InChI=1S/C13H23NO3/c1-9(2)14-11(12(15)13(16)17)8-10-6-4-3-5-7-10/h9-11,14H,3-8H2,1-2H3,(H,16,17). The van der Waals surface area contributed by atoms with Crippen LogP contribution in [0.5, 0.6) is 0 Å². The number of hydrogen-bond acceptors (Lipinski definition) is 3. The maximum atomic E-state index is 11.6. The van der Waals surface area contributed by atoms with Crippen LogP contribution in [0.3, 0.4) is 0 Å². The summed E-state index contributed by atoms with van der Waals surface area (Å²) < 4.78 is 0. The maximum absolute atomic E-state index is 11.6. The molecule has 1 aliphatic rings. The minimum Gasteiger partial charge on any atom is -0.475 e. The van der Waals surface area contributed by atoms with Gasteiger partial charge in [-0.1, -0.05) is 46.0 Å². The second kappa shape index (κ2) is 6.74. The molecule has 0 aromatic carbocycles. The fourth-order valence-corrected chi connectivity index (χ4v) is 2.56. The zero-order chi connectivity index (χ0) is 12.8. The first-order valence-electron chi connectivity index (χ1n) is 6.54. The molecule has 1 atom stereocenters. The Bertz CT molecular complexity index is 270. The summed E-state index contributed by atoms with van der Waals surface area (Å²) in [6, 6.07) is -0.387. The molecule has 1 aliphatic carbocycles. The quantitative estimate of drug-likeness (QED) is 0.698. The normalized spacial score (nSPS) is 19.2. The highest BCUT2D eigenvalue weighted by Crippen LogP contribution is 2.27. The summed E-state index contributed by atoms with van der Waals surface area (Å²) >= 11 is 0. The Balaban J connectivity index is 2.55. The number of hydrogen-bond donors (Lipinski definition) is 2. The van der Waals surface area contributed by atoms with E-state index in [1.54, 1.807) is 0 Å². The van der Waals surface area contributed by atoms with Gasteiger partial charge in [0.2, 0.25) is 0 Å². The summed E-state index contributed by atoms with van der Waals surface area (Å²) in [7, 11) is 0. The van der Waals surface area contributed by atoms with Gasteiger partial charge >= 0.3 is 5.97 Å². The lowest BCUT2D eigenvalue weighted by molar-refractivity contribution is -0.150. The molecule has 0 amide bonds. The van der Waals surface area contributed by atoms with Crippen molar-refractivity contribution in [1.29, 1.82) is 0 Å². The number of aliphatic carboxylic acids is 1. The Morgan fingerprint density at radius 2 is 1.82 bits per heavy atom. The molecule has 0 heterocycles. The van der Waals surface area contributed by atoms with Crippen molar-refractivity contribution in [3.05, 3.63) is 0 Å². The molecular formula is C13H23NO3. The first-order chi connectivity index (χ1) is 8.00. The molecule has 4 heteroatoms. The van der Waals surface area contributed by atoms with Crippen LogP contribution in [0.1, 0.15) is 52.4 Å². The van der Waals surface area contributed by atoms with Crippen LogP contribution in [0.4, 0.5) is 0 Å². The van der Waals surface area contributed by atoms with Crippen LogP contribution in [-0.4, -0.2) is 28.9 Å². The fourth-order valence-electron chi connectivity index (χ4n) is 2.56. The molecule has 4 nitrogen and oxygen atoms in total. The van der Waals surface area contributed by atoms with Crippen LogP contribution >= 0.6 is 0 Å². The molecule has 0 radical (unpaired) electrons. The van der Waals surface area contributed by atoms with Gasteiger partial charge in [0, 0.05) is 6.04 Å². The molecule has 2 N–H and O–H groups in total. The van der Waals surface area contributed by atoms with Crippen molar-refractivity contribution < 1.29 is 14.7 Å². The van der Waals surface area contributed by atoms with E-state index >= 15 is 0 Å². The maximum Gasteiger partial charge on any atom is 0.373 e. The highest BCUT2D eigenvalue weighted by atomic mass is 16.4. The lowest BCUT2D eigenvalue weighted by Crippen LogP contribution is -2.45. The van der Waals surface area contributed by atoms with E-state index in [4.69, 9.17) is 5.11 Å². The summed E-state index contributed by atoms with van der Waals surface area (Å²) in [6.45, 7) is 3.87. The largest absolute Gasteiger partial charge is 0.475 e. The molecule has 1 saturated carbocycles. The van der Waals surface area contributed by atoms with Gasteiger partial charge in [0.1, 0.15) is 0 Å². The van der Waals surface area contributed by atoms with Crippen LogP contribution in [0.15, 0.2) is 0 Å². The topological polar surface area (TPSA) is 66.4 Å². The molecule has 17 heavy (non-hydrogen) atoms. The van der Waals surface area contributed by atoms with Crippen LogP contribution in [0.2, 0.25) is 0 Å². The molecule has 0 aromatic heterocycles. The molecule has 0 bridgehead atoms. The van der Waals surface area contributed by atoms with Crippen molar-refractivity contribution in [2.45, 2.75) is 64.5 Å². The first-order valence-corrected chi connectivity index (χ1v) is 6.54. The number of ketones is 1. The lowest BCUT2D eigenvalue weighted by Gasteiger charge is -2.26. The first kappa shape index (κ1) is 14.2. The predicted molar refractivity (Wildman–Crippen MR) is 65.9 cm³/mol. The summed E-state index contributed by atoms with van der Waals surface area (Å²) in [6.07, 6.45) is 6.61. The second-order valence-corrected chi connectivity index (χ2v) is 5.28. The zero-order valence-electron chi connectivity index (χ0n) is 10.7. The third kappa shape index (κ3) is 4.86. The van der Waals surface area contributed by atoms with Gasteiger partial charge in [-0.3, -0.25) is 4.79 Å². The molecule has 1 rings (SSSR count). The number of carboxylic acid groups (broad SMARTS) is 1. The number of carbonyl (C=O) groups is 2. The van der Waals surface area contributed by atoms with Crippen LogP contribution in [0, 0.1) is 5.92 Å². The Kier molecular flexibility index (Phi) is 5.62. The average Bonchev–Trinajstić information content (AvgIpc) is 2.28. The summed E-state index contributed by atoms with van der Waals surface area (Å²) in [4.78, 5) is 22.4. The van der Waals surface area contributed by atoms with Crippen molar-refractivity contribution in [3.63, 3.8) is 0 Å². The number of Topliss-reactive ketones (excluding diaryl/α,β-unsaturated/α-hetero) is 1. The van der Waals surface area contributed by atoms with E-state index in [2.05, 4.69) is 5.32 Å². The molecule has 1 unspecified atom stereocenters. The predicted octanol–water partition coefficient (Wildman–Crippen LogP) is 1.98. The van der Waals surface area contributed by atoms with Crippen molar-refractivity contribution in [2.24, 2.45) is 5.92 Å². The van der Waals surface area contributed by atoms with Gasteiger partial charge in [0.15, 0.2) is 0 Å². The van der Waals surface area contributed by atoms with E-state index < -0.39 is 17.8 Å². The molecule has 98 valence electrons. The van der Waals surface area contributed by atoms with Crippen molar-refractivity contribution in [3.8, 4) is 0 Å². The van der Waals surface area contributed by atoms with E-state index in [0.29, 0.717) is 12.3 Å². The zero-order valence-corrected chi connectivity index (χ0v) is 10.7. The molecule has 0 spiro atoms. The van der Waals surface area contributed by atoms with Gasteiger partial charge in [-0.15, -0.1) is 0 Å². The van der Waals surface area contributed by atoms with Crippen LogP contribution in [-0.2, 0) is 9.59 Å². The fraction of sp³-hybridized carbons (Fsp3) is 0.846. The third-order valence-electron chi connectivity index (χ3n) is 3.36. The molecule has 0 saturated heterocycles. The van der Waals surface area contributed by atoms with E-state index in [-0.39, 0.29) is 6.04 Å². The minimum absolute atomic E-state index is 0.131. The van der Waals surface area contributed by atoms with E-state index in [0.717, 1.165) is 12.8 Å². The second-order valence-electron chi connectivity index (χ2n) is 5.28. The number of carbonyl (C=O) groups excluding carboxylic acids is 1. The Morgan fingerprint density at radius 1 is 1.24 bits per heavy atom. The van der Waals surface area contributed by atoms with Gasteiger partial charge in [-0.05, 0) is 12.3 Å². The molecule has 0 aromatic rings. The van der Waals surface area contributed by atoms with Crippen LogP contribution < -0.4 is 5.32 Å². The van der Waals surface area contributed by atoms with Crippen LogP contribution in [0.25, 0.3) is 0 Å². The number of carboxylic acids is 1. The SMILES string of the molecule is CC(C)NC(CC1CCCCC1)C(=O)C(=O)O. The lowest BCUT2D eigenvalue weighted by atomic mass is 9.84. The Labute approximate surface area is 103 Å².